The average molecular weight is 1920 g/mol. The van der Waals surface area contributed by atoms with Crippen LogP contribution in [0, 0.1) is 40.7 Å². The summed E-state index contributed by atoms with van der Waals surface area (Å²) in [4.78, 5) is 121. The first-order valence-electron chi connectivity index (χ1n) is 35.6. The summed E-state index contributed by atoms with van der Waals surface area (Å²) in [6.45, 7) is 10.3. The van der Waals surface area contributed by atoms with Gasteiger partial charge in [-0.3, -0.25) is 33.8 Å². The molecule has 121 heavy (non-hydrogen) atoms. The second-order valence-electron chi connectivity index (χ2n) is 25.1. The van der Waals surface area contributed by atoms with Crippen molar-refractivity contribution in [1.29, 1.82) is 0 Å². The van der Waals surface area contributed by atoms with Crippen LogP contribution in [0.5, 0.6) is 0 Å². The van der Waals surface area contributed by atoms with Crippen LogP contribution in [-0.4, -0.2) is 112 Å². The lowest BCUT2D eigenvalue weighted by Gasteiger charge is -2.13. The van der Waals surface area contributed by atoms with Gasteiger partial charge in [-0.25, -0.2) is 49.9 Å². The number of carboxylic acids is 1. The molecule has 39 heteroatoms. The van der Waals surface area contributed by atoms with Crippen LogP contribution in [-0.2, 0) is 38.1 Å². The van der Waals surface area contributed by atoms with Crippen molar-refractivity contribution in [2.24, 2.45) is 4.99 Å². The number of Topliss-reactive ketones (excluding diaryl/α,β-unsaturated/α-hetero) is 3. The standard InChI is InChI=1S/C15H14Cl2FNO3.C15H13ClFNO3.C14H13Cl2FO4.C13H9ClFNO3.C11H9Cl2FO3.C8H5Cl2FO.C6H3Cl2F/c1-2-22-15(21)10(7-19-8-3-4-8)14(20)9-5-13(18)12(17)6-11(9)16;1-2-21-15(20)10-7-18(8-3-4-8)13-6-11(16)12(17)5-9(13)14(10)19;1-3-20-7-9(14(19)21-4-2)13(18)8-5-12(17)11(16)6-10(8)15;14-9-4-11-7(3-10(9)15)12(17)8(13(18)19)5-16(11)6-1-2-6;1-2-17-11(16)5-10(15)6-3-9(14)8(13)4-7(6)12;1-4(12)5-2-8(11)7(10)3-6(5)9;7-4-1-2-6(9)5(8)3-4/h5-8,20H,2-4H2,1H3;5-8H,2-4H2,1H3;5-7H,3-4H2,1-2H3;3-6H,1-2H2,(H,18,19);3-4H,2,5H2,1H3;2-3H,1H3;1-3H/b;;9-7-;;;;. The molecule has 3 aliphatic carbocycles. The van der Waals surface area contributed by atoms with E-state index in [1.54, 1.807) is 39.2 Å². The van der Waals surface area contributed by atoms with Gasteiger partial charge >= 0.3 is 29.8 Å². The van der Waals surface area contributed by atoms with Crippen LogP contribution in [0.1, 0.15) is 156 Å². The van der Waals surface area contributed by atoms with Crippen LogP contribution >= 0.6 is 139 Å². The quantitative estimate of drug-likeness (QED) is 0.00646. The molecule has 0 aliphatic heterocycles. The van der Waals surface area contributed by atoms with Gasteiger partial charge in [0.15, 0.2) is 11.6 Å². The number of nitrogens with zero attached hydrogens (tertiary/aromatic N) is 3. The molecule has 0 radical (unpaired) electrons. The molecule has 0 unspecified atom stereocenters. The Hall–Kier alpha value is -8.94. The van der Waals surface area contributed by atoms with E-state index in [1.807, 2.05) is 4.57 Å². The molecule has 12 rings (SSSR count). The van der Waals surface area contributed by atoms with Gasteiger partial charge in [-0.2, -0.15) is 0 Å². The van der Waals surface area contributed by atoms with Crippen molar-refractivity contribution in [2.75, 3.05) is 33.0 Å². The topological polar surface area (TPSA) is 280 Å². The zero-order chi connectivity index (χ0) is 90.3. The number of pyridine rings is 2. The van der Waals surface area contributed by atoms with E-state index in [4.69, 9.17) is 163 Å². The number of ketones is 3. The van der Waals surface area contributed by atoms with Gasteiger partial charge in [0.05, 0.1) is 105 Å². The second-order valence-corrected chi connectivity index (χ2v) is 30.1. The number of carboxylic acid groups (broad SMARTS) is 1. The molecule has 0 spiro atoms. The van der Waals surface area contributed by atoms with E-state index >= 15 is 0 Å². The number of carbonyl (C=O) groups excluding carboxylic acids is 7. The van der Waals surface area contributed by atoms with Crippen molar-refractivity contribution < 1.29 is 103 Å². The zero-order valence-corrected chi connectivity index (χ0v) is 72.8. The molecule has 0 bridgehead atoms. The molecular weight excluding hydrogens is 1860 g/mol. The molecule has 3 saturated carbocycles. The number of hydrogen-bond acceptors (Lipinski definition) is 17. The predicted molar refractivity (Wildman–Crippen MR) is 452 cm³/mol. The largest absolute Gasteiger partial charge is 0.506 e. The Kier molecular flexibility index (Phi) is 39.2. The number of benzene rings is 7. The lowest BCUT2D eigenvalue weighted by Crippen LogP contribution is -2.21. The Labute approximate surface area is 745 Å². The third kappa shape index (κ3) is 28.8. The summed E-state index contributed by atoms with van der Waals surface area (Å²) < 4.78 is 120. The molecule has 2 heterocycles. The fraction of sp³-hybridized carbons (Fsp3) is 0.256. The highest BCUT2D eigenvalue weighted by atomic mass is 35.5. The van der Waals surface area contributed by atoms with E-state index < -0.39 is 105 Å². The van der Waals surface area contributed by atoms with Gasteiger partial charge in [-0.05, 0) is 171 Å². The molecule has 9 aromatic rings. The Morgan fingerprint density at radius 3 is 1.26 bits per heavy atom. The number of aromatic nitrogens is 2. The number of aliphatic imine (C=N–C) groups is 1. The number of aromatic carboxylic acids is 1. The number of aliphatic hydroxyl groups is 1. The highest BCUT2D eigenvalue weighted by Crippen LogP contribution is 2.40. The summed E-state index contributed by atoms with van der Waals surface area (Å²) in [5, 5.41) is 19.4. The fourth-order valence-electron chi connectivity index (χ4n) is 10.0. The van der Waals surface area contributed by atoms with Crippen molar-refractivity contribution in [3.05, 3.63) is 276 Å². The minimum atomic E-state index is -1.31. The van der Waals surface area contributed by atoms with Crippen molar-refractivity contribution in [1.82, 2.24) is 9.13 Å². The summed E-state index contributed by atoms with van der Waals surface area (Å²) in [7, 11) is 0. The molecule has 0 atom stereocenters. The fourth-order valence-corrected chi connectivity index (χ4v) is 12.7. The summed E-state index contributed by atoms with van der Waals surface area (Å²) >= 11 is 67.6. The maximum Gasteiger partial charge on any atom is 0.345 e. The van der Waals surface area contributed by atoms with Gasteiger partial charge in [0, 0.05) is 68.7 Å². The number of fused-ring (bicyclic) bond motifs is 2. The Bertz CT molecular complexity index is 5700. The SMILES string of the molecule is CC(=O)c1cc(F)c(Cl)cc1Cl.CCO/C=C(\C(=O)OCC)C(=O)c1cc(F)c(Cl)cc1Cl.CCOC(=O)C(C=NC1CC1)=C(O)c1cc(F)c(Cl)cc1Cl.CCOC(=O)CC(=O)c1cc(F)c(Cl)cc1Cl.CCOC(=O)c1cn(C2CC2)c2cc(Cl)c(F)cc2c1=O.Fc1ccc(Cl)cc1Cl.O=C(O)c1cn(C2CC2)c2cc(Cl)c(F)cc2c1=O. The molecule has 2 N–H and O–H groups in total. The highest BCUT2D eigenvalue weighted by Gasteiger charge is 2.31. The number of halogens is 19. The maximum atomic E-state index is 13.7. The van der Waals surface area contributed by atoms with Crippen LogP contribution in [0.15, 0.2) is 135 Å². The number of esters is 4. The van der Waals surface area contributed by atoms with Gasteiger partial charge in [0.2, 0.25) is 16.6 Å². The molecule has 2 aromatic heterocycles. The maximum absolute atomic E-state index is 13.7. The van der Waals surface area contributed by atoms with E-state index in [1.165, 1.54) is 61.9 Å². The zero-order valence-electron chi connectivity index (χ0n) is 63.7. The van der Waals surface area contributed by atoms with E-state index in [0.717, 1.165) is 99.4 Å². The van der Waals surface area contributed by atoms with E-state index in [2.05, 4.69) is 9.73 Å². The van der Waals surface area contributed by atoms with E-state index in [9.17, 15) is 83.8 Å². The summed E-state index contributed by atoms with van der Waals surface area (Å²) in [6.07, 6.45) is 10.1. The van der Waals surface area contributed by atoms with Crippen molar-refractivity contribution in [3.63, 3.8) is 0 Å². The van der Waals surface area contributed by atoms with Crippen LogP contribution in [0.25, 0.3) is 27.6 Å². The van der Waals surface area contributed by atoms with Crippen LogP contribution < -0.4 is 10.9 Å². The van der Waals surface area contributed by atoms with Crippen LogP contribution in [0.3, 0.4) is 0 Å². The number of ether oxygens (including phenoxy) is 5. The smallest absolute Gasteiger partial charge is 0.345 e. The van der Waals surface area contributed by atoms with Gasteiger partial charge in [-0.15, -0.1) is 0 Å². The lowest BCUT2D eigenvalue weighted by molar-refractivity contribution is -0.142. The number of rotatable bonds is 21. The van der Waals surface area contributed by atoms with Crippen molar-refractivity contribution >= 4 is 220 Å². The number of aliphatic hydroxyl groups excluding tert-OH is 1. The van der Waals surface area contributed by atoms with Crippen molar-refractivity contribution in [2.45, 2.75) is 105 Å². The monoisotopic (exact) mass is 1920 g/mol. The highest BCUT2D eigenvalue weighted by molar-refractivity contribution is 6.40. The molecule has 3 fully saturated rings. The van der Waals surface area contributed by atoms with E-state index in [0.29, 0.717) is 16.1 Å². The van der Waals surface area contributed by atoms with Gasteiger partial charge < -0.3 is 43.0 Å². The van der Waals surface area contributed by atoms with Crippen LogP contribution in [0.4, 0.5) is 30.7 Å². The Morgan fingerprint density at radius 2 is 0.835 bits per heavy atom. The minimum Gasteiger partial charge on any atom is -0.506 e. The summed E-state index contributed by atoms with van der Waals surface area (Å²) in [6, 6.07) is 17.8. The third-order valence-corrected chi connectivity index (χ3v) is 19.8. The first-order valence-corrected chi connectivity index (χ1v) is 40.1. The van der Waals surface area contributed by atoms with Gasteiger partial charge in [-0.1, -0.05) is 139 Å². The molecule has 7 aromatic carbocycles. The molecule has 20 nitrogen and oxygen atoms in total. The Morgan fingerprint density at radius 1 is 0.438 bits per heavy atom. The second kappa shape index (κ2) is 47.1. The summed E-state index contributed by atoms with van der Waals surface area (Å²) in [5.41, 5.74) is -1.33. The molecule has 644 valence electrons. The Balaban J connectivity index is 0.000000222. The van der Waals surface area contributed by atoms with E-state index in [-0.39, 0.29) is 167 Å². The molecule has 0 saturated heterocycles. The first kappa shape index (κ1) is 101. The number of carbonyl (C=O) groups is 8. The van der Waals surface area contributed by atoms with Gasteiger partial charge in [0.25, 0.3) is 0 Å². The molecular formula is C82H66Cl12F7N3O17. The van der Waals surface area contributed by atoms with Crippen molar-refractivity contribution in [3.8, 4) is 0 Å². The normalized spacial score (nSPS) is 12.8. The molecule has 3 aliphatic rings. The summed E-state index contributed by atoms with van der Waals surface area (Å²) in [5.74, 6) is -11.3. The third-order valence-electron chi connectivity index (χ3n) is 16.3. The lowest BCUT2D eigenvalue weighted by atomic mass is 10.0. The van der Waals surface area contributed by atoms with Gasteiger partial charge in [0.1, 0.15) is 81.4 Å². The van der Waals surface area contributed by atoms with Crippen LogP contribution in [0.2, 0.25) is 60.3 Å². The minimum absolute atomic E-state index is 0.00528. The first-order chi connectivity index (χ1) is 57.0. The molecule has 0 amide bonds. The number of hydrogen-bond donors (Lipinski definition) is 2. The average Bonchev–Trinajstić information content (AvgIpc) is 1.73. The predicted octanol–water partition coefficient (Wildman–Crippen LogP) is 23.9.